The zero-order chi connectivity index (χ0) is 26.1. The van der Waals surface area contributed by atoms with Crippen molar-refractivity contribution >= 4 is 5.97 Å². The Morgan fingerprint density at radius 3 is 2.78 bits per heavy atom. The molecule has 0 spiro atoms. The maximum atomic E-state index is 14.0. The van der Waals surface area contributed by atoms with E-state index in [1.54, 1.807) is 20.1 Å². The van der Waals surface area contributed by atoms with E-state index in [-0.39, 0.29) is 31.0 Å². The molecule has 1 heterocycles. The second-order valence-corrected chi connectivity index (χ2v) is 9.84. The van der Waals surface area contributed by atoms with Crippen molar-refractivity contribution in [3.8, 4) is 5.75 Å². The van der Waals surface area contributed by atoms with E-state index < -0.39 is 12.1 Å². The average molecular weight is 502 g/mol. The molecule has 0 saturated carbocycles. The number of aryl methyl sites for hydroxylation is 1. The molecule has 0 radical (unpaired) electrons. The van der Waals surface area contributed by atoms with Gasteiger partial charge in [-0.1, -0.05) is 24.3 Å². The summed E-state index contributed by atoms with van der Waals surface area (Å²) in [7, 11) is 1.63. The number of hydrogen-bond donors (Lipinski definition) is 2. The number of aliphatic carboxylic acids is 1. The molecule has 36 heavy (non-hydrogen) atoms. The predicted octanol–water partition coefficient (Wildman–Crippen LogP) is 5.09. The van der Waals surface area contributed by atoms with Gasteiger partial charge in [0.05, 0.1) is 25.9 Å². The second kappa shape index (κ2) is 13.7. The largest absolute Gasteiger partial charge is 0.496 e. The van der Waals surface area contributed by atoms with E-state index in [1.165, 1.54) is 0 Å². The van der Waals surface area contributed by atoms with Crippen LogP contribution in [-0.4, -0.2) is 60.0 Å². The van der Waals surface area contributed by atoms with Crippen LogP contribution in [0.4, 0.5) is 4.39 Å². The summed E-state index contributed by atoms with van der Waals surface area (Å²) < 4.78 is 25.6. The Bertz CT molecular complexity index is 998. The summed E-state index contributed by atoms with van der Waals surface area (Å²) >= 11 is 0. The maximum Gasteiger partial charge on any atom is 0.303 e. The minimum Gasteiger partial charge on any atom is -0.496 e. The van der Waals surface area contributed by atoms with Crippen LogP contribution in [0.15, 0.2) is 36.4 Å². The molecule has 1 saturated heterocycles. The molecule has 6 nitrogen and oxygen atoms in total. The number of ether oxygens (including phenoxy) is 2. The quantitative estimate of drug-likeness (QED) is 0.351. The number of hydrogen-bond acceptors (Lipinski definition) is 5. The Kier molecular flexibility index (Phi) is 10.7. The van der Waals surface area contributed by atoms with Crippen molar-refractivity contribution in [1.29, 1.82) is 0 Å². The molecule has 0 bridgehead atoms. The molecule has 1 aliphatic rings. The van der Waals surface area contributed by atoms with E-state index in [2.05, 4.69) is 4.90 Å². The SMILES string of the molecule is COc1cccc([C@@H](C)OC[C@H](O)CN2CCC[C@H]2Cc2ccc(C)c(F)c2)c1CCCCC(=O)O. The van der Waals surface area contributed by atoms with Crippen LogP contribution in [0.2, 0.25) is 0 Å². The van der Waals surface area contributed by atoms with E-state index in [4.69, 9.17) is 14.6 Å². The summed E-state index contributed by atoms with van der Waals surface area (Å²) in [6.45, 7) is 5.38. The van der Waals surface area contributed by atoms with Crippen molar-refractivity contribution in [2.75, 3.05) is 26.8 Å². The minimum atomic E-state index is -0.785. The van der Waals surface area contributed by atoms with Gasteiger partial charge in [-0.15, -0.1) is 0 Å². The zero-order valence-corrected chi connectivity index (χ0v) is 21.7. The topological polar surface area (TPSA) is 79.2 Å². The highest BCUT2D eigenvalue weighted by molar-refractivity contribution is 5.66. The van der Waals surface area contributed by atoms with E-state index in [0.717, 1.165) is 54.7 Å². The van der Waals surface area contributed by atoms with Crippen LogP contribution >= 0.6 is 0 Å². The first-order valence-corrected chi connectivity index (χ1v) is 12.9. The van der Waals surface area contributed by atoms with Crippen molar-refractivity contribution in [1.82, 2.24) is 4.90 Å². The molecule has 2 N–H and O–H groups in total. The van der Waals surface area contributed by atoms with Crippen LogP contribution in [-0.2, 0) is 22.4 Å². The van der Waals surface area contributed by atoms with Gasteiger partial charge in [0.15, 0.2) is 0 Å². The number of carboxylic acids is 1. The van der Waals surface area contributed by atoms with Gasteiger partial charge >= 0.3 is 5.97 Å². The Labute approximate surface area is 214 Å². The van der Waals surface area contributed by atoms with Gasteiger partial charge in [-0.25, -0.2) is 4.39 Å². The summed E-state index contributed by atoms with van der Waals surface area (Å²) in [5.74, 6) is -0.184. The van der Waals surface area contributed by atoms with Crippen LogP contribution in [0.25, 0.3) is 0 Å². The third kappa shape index (κ3) is 8.02. The highest BCUT2D eigenvalue weighted by Crippen LogP contribution is 2.31. The van der Waals surface area contributed by atoms with Crippen molar-refractivity contribution in [2.24, 2.45) is 0 Å². The first-order chi connectivity index (χ1) is 17.3. The van der Waals surface area contributed by atoms with E-state index >= 15 is 0 Å². The maximum absolute atomic E-state index is 14.0. The number of carboxylic acid groups (broad SMARTS) is 1. The lowest BCUT2D eigenvalue weighted by molar-refractivity contribution is -0.137. The van der Waals surface area contributed by atoms with Crippen LogP contribution in [0.3, 0.4) is 0 Å². The molecular weight excluding hydrogens is 461 g/mol. The Morgan fingerprint density at radius 1 is 1.25 bits per heavy atom. The molecule has 0 aliphatic carbocycles. The van der Waals surface area contributed by atoms with Crippen molar-refractivity contribution in [2.45, 2.75) is 77.0 Å². The number of halogens is 1. The first kappa shape index (κ1) is 28.1. The molecule has 0 amide bonds. The molecule has 7 heteroatoms. The number of likely N-dealkylation sites (tertiary alicyclic amines) is 1. The molecule has 0 unspecified atom stereocenters. The number of rotatable bonds is 14. The third-order valence-electron chi connectivity index (χ3n) is 7.09. The molecule has 1 fully saturated rings. The fourth-order valence-electron chi connectivity index (χ4n) is 5.07. The molecule has 0 aromatic heterocycles. The van der Waals surface area contributed by atoms with Crippen LogP contribution in [0, 0.1) is 12.7 Å². The number of methoxy groups -OCH3 is 1. The van der Waals surface area contributed by atoms with E-state index in [0.29, 0.717) is 24.9 Å². The molecular formula is C29H40FNO5. The van der Waals surface area contributed by atoms with Gasteiger partial charge in [0.1, 0.15) is 11.6 Å². The monoisotopic (exact) mass is 501 g/mol. The van der Waals surface area contributed by atoms with E-state index in [1.807, 2.05) is 37.3 Å². The number of aliphatic hydroxyl groups is 1. The van der Waals surface area contributed by atoms with Crippen LogP contribution in [0.1, 0.15) is 67.4 Å². The van der Waals surface area contributed by atoms with Crippen molar-refractivity contribution < 1.29 is 28.9 Å². The predicted molar refractivity (Wildman–Crippen MR) is 138 cm³/mol. The van der Waals surface area contributed by atoms with Crippen LogP contribution < -0.4 is 4.74 Å². The Hall–Kier alpha value is -2.48. The molecule has 2 aromatic rings. The van der Waals surface area contributed by atoms with Crippen molar-refractivity contribution in [3.63, 3.8) is 0 Å². The highest BCUT2D eigenvalue weighted by Gasteiger charge is 2.27. The number of benzene rings is 2. The summed E-state index contributed by atoms with van der Waals surface area (Å²) in [6, 6.07) is 11.6. The average Bonchev–Trinajstić information content (AvgIpc) is 3.28. The fraction of sp³-hybridized carbons (Fsp3) is 0.552. The lowest BCUT2D eigenvalue weighted by Crippen LogP contribution is -2.39. The van der Waals surface area contributed by atoms with Crippen molar-refractivity contribution in [3.05, 3.63) is 64.5 Å². The fourth-order valence-corrected chi connectivity index (χ4v) is 5.07. The summed E-state index contributed by atoms with van der Waals surface area (Å²) in [6.07, 6.45) is 4.21. The normalized spacial score (nSPS) is 17.8. The second-order valence-electron chi connectivity index (χ2n) is 9.84. The molecule has 3 atom stereocenters. The van der Waals surface area contributed by atoms with Gasteiger partial charge in [-0.3, -0.25) is 9.69 Å². The molecule has 198 valence electrons. The molecule has 2 aromatic carbocycles. The summed E-state index contributed by atoms with van der Waals surface area (Å²) in [4.78, 5) is 13.1. The lowest BCUT2D eigenvalue weighted by Gasteiger charge is -2.28. The van der Waals surface area contributed by atoms with Gasteiger partial charge in [-0.2, -0.15) is 0 Å². The first-order valence-electron chi connectivity index (χ1n) is 12.9. The molecule has 3 rings (SSSR count). The number of aliphatic hydroxyl groups excluding tert-OH is 1. The Morgan fingerprint density at radius 2 is 2.06 bits per heavy atom. The summed E-state index contributed by atoms with van der Waals surface area (Å²) in [5.41, 5.74) is 3.67. The third-order valence-corrected chi connectivity index (χ3v) is 7.09. The number of nitrogens with zero attached hydrogens (tertiary/aromatic N) is 1. The number of carbonyl (C=O) groups is 1. The summed E-state index contributed by atoms with van der Waals surface area (Å²) in [5, 5.41) is 19.7. The van der Waals surface area contributed by atoms with Gasteiger partial charge < -0.3 is 19.7 Å². The zero-order valence-electron chi connectivity index (χ0n) is 21.7. The number of β-amino-alcohol motifs (C(OH)–C–C–N with tert-alkyl or cyclic N) is 1. The number of unbranched alkanes of at least 4 members (excludes halogenated alkanes) is 1. The smallest absolute Gasteiger partial charge is 0.303 e. The van der Waals surface area contributed by atoms with Gasteiger partial charge in [0, 0.05) is 19.0 Å². The van der Waals surface area contributed by atoms with Crippen LogP contribution in [0.5, 0.6) is 5.75 Å². The standard InChI is InChI=1S/C29H40FNO5/c1-20-13-14-22(17-27(20)30)16-23-8-7-15-31(23)18-24(32)19-36-21(2)25-10-6-11-28(35-3)26(25)9-4-5-12-29(33)34/h6,10-11,13-14,17,21,23-24,32H,4-5,7-9,12,15-16,18-19H2,1-3H3,(H,33,34)/t21-,23+,24-/m1/s1. The van der Waals surface area contributed by atoms with Gasteiger partial charge in [0.25, 0.3) is 0 Å². The van der Waals surface area contributed by atoms with Gasteiger partial charge in [-0.05, 0) is 93.3 Å². The van der Waals surface area contributed by atoms with E-state index in [9.17, 15) is 14.3 Å². The minimum absolute atomic E-state index is 0.152. The highest BCUT2D eigenvalue weighted by atomic mass is 19.1. The van der Waals surface area contributed by atoms with Gasteiger partial charge in [0.2, 0.25) is 0 Å². The molecule has 1 aliphatic heterocycles. The Balaban J connectivity index is 1.54. The lowest BCUT2D eigenvalue weighted by atomic mass is 9.97.